The summed E-state index contributed by atoms with van der Waals surface area (Å²) in [4.78, 5) is 13.7. The second-order valence-electron chi connectivity index (χ2n) is 3.66. The summed E-state index contributed by atoms with van der Waals surface area (Å²) in [6.07, 6.45) is 1.06. The molecule has 13 heavy (non-hydrogen) atoms. The van der Waals surface area contributed by atoms with Crippen molar-refractivity contribution in [2.24, 2.45) is 0 Å². The van der Waals surface area contributed by atoms with Gasteiger partial charge in [-0.05, 0) is 25.0 Å². The van der Waals surface area contributed by atoms with Crippen LogP contribution in [-0.4, -0.2) is 18.2 Å². The Morgan fingerprint density at radius 1 is 1.31 bits per heavy atom. The van der Waals surface area contributed by atoms with Crippen LogP contribution in [0.3, 0.4) is 0 Å². The van der Waals surface area contributed by atoms with Crippen molar-refractivity contribution >= 4 is 5.82 Å². The molecule has 0 saturated heterocycles. The molecule has 0 aromatic carbocycles. The van der Waals surface area contributed by atoms with Gasteiger partial charge < -0.3 is 4.90 Å². The Bertz CT molecular complexity index is 381. The van der Waals surface area contributed by atoms with Crippen LogP contribution in [0, 0.1) is 6.92 Å². The molecule has 1 aliphatic rings. The quantitative estimate of drug-likeness (QED) is 0.592. The molecule has 3 heteroatoms. The van der Waals surface area contributed by atoms with Crippen molar-refractivity contribution in [2.75, 3.05) is 18.5 Å². The van der Waals surface area contributed by atoms with E-state index in [0.717, 1.165) is 30.9 Å². The van der Waals surface area contributed by atoms with Crippen LogP contribution in [-0.2, 0) is 6.54 Å². The first-order chi connectivity index (χ1) is 6.18. The smallest absolute Gasteiger partial charge is 0.252 e. The molecule has 0 fully saturated rings. The van der Waals surface area contributed by atoms with Crippen LogP contribution in [0.1, 0.15) is 12.0 Å². The molecule has 0 unspecified atom stereocenters. The van der Waals surface area contributed by atoms with Gasteiger partial charge >= 0.3 is 0 Å². The molecule has 1 aliphatic heterocycles. The van der Waals surface area contributed by atoms with E-state index in [1.807, 2.05) is 18.5 Å². The van der Waals surface area contributed by atoms with E-state index in [0.29, 0.717) is 0 Å². The van der Waals surface area contributed by atoms with Crippen molar-refractivity contribution in [2.45, 2.75) is 19.9 Å². The van der Waals surface area contributed by atoms with Gasteiger partial charge in [-0.25, -0.2) is 0 Å². The van der Waals surface area contributed by atoms with Gasteiger partial charge in [0, 0.05) is 26.2 Å². The second kappa shape index (κ2) is 2.91. The summed E-state index contributed by atoms with van der Waals surface area (Å²) in [5, 5.41) is 0. The standard InChI is InChI=1S/C10H14N2O/c1-8-6-9-11(2)4-3-5-12(9)10(13)7-8/h6-7H,3-5H2,1-2H3. The number of hydrogen-bond donors (Lipinski definition) is 0. The predicted molar refractivity (Wildman–Crippen MR) is 53.3 cm³/mol. The van der Waals surface area contributed by atoms with Gasteiger partial charge in [0.1, 0.15) is 5.82 Å². The first-order valence-corrected chi connectivity index (χ1v) is 4.61. The third kappa shape index (κ3) is 1.34. The van der Waals surface area contributed by atoms with Crippen molar-refractivity contribution in [1.82, 2.24) is 4.57 Å². The number of anilines is 1. The Morgan fingerprint density at radius 2 is 2.08 bits per heavy atom. The molecular formula is C10H14N2O. The lowest BCUT2D eigenvalue weighted by Gasteiger charge is -2.28. The Labute approximate surface area is 77.6 Å². The summed E-state index contributed by atoms with van der Waals surface area (Å²) < 4.78 is 1.84. The lowest BCUT2D eigenvalue weighted by Crippen LogP contribution is -2.34. The van der Waals surface area contributed by atoms with Crippen molar-refractivity contribution < 1.29 is 0 Å². The number of aromatic nitrogens is 1. The summed E-state index contributed by atoms with van der Waals surface area (Å²) in [7, 11) is 2.03. The molecule has 1 aromatic rings. The van der Waals surface area contributed by atoms with Gasteiger partial charge in [0.25, 0.3) is 5.56 Å². The molecule has 0 N–H and O–H groups in total. The van der Waals surface area contributed by atoms with Crippen LogP contribution in [0.2, 0.25) is 0 Å². The summed E-state index contributed by atoms with van der Waals surface area (Å²) in [6, 6.07) is 3.77. The van der Waals surface area contributed by atoms with Crippen LogP contribution in [0.15, 0.2) is 16.9 Å². The van der Waals surface area contributed by atoms with E-state index >= 15 is 0 Å². The third-order valence-electron chi connectivity index (χ3n) is 2.52. The highest BCUT2D eigenvalue weighted by molar-refractivity contribution is 5.42. The summed E-state index contributed by atoms with van der Waals surface area (Å²) in [6.45, 7) is 3.87. The van der Waals surface area contributed by atoms with Gasteiger partial charge in [0.2, 0.25) is 0 Å². The third-order valence-corrected chi connectivity index (χ3v) is 2.52. The molecule has 0 radical (unpaired) electrons. The summed E-state index contributed by atoms with van der Waals surface area (Å²) in [5.41, 5.74) is 1.17. The van der Waals surface area contributed by atoms with Gasteiger partial charge in [0.05, 0.1) is 0 Å². The summed E-state index contributed by atoms with van der Waals surface area (Å²) in [5.74, 6) is 1.05. The zero-order valence-corrected chi connectivity index (χ0v) is 8.08. The zero-order chi connectivity index (χ0) is 9.42. The SMILES string of the molecule is Cc1cc2n(c(=O)c1)CCCN2C. The fourth-order valence-corrected chi connectivity index (χ4v) is 1.83. The van der Waals surface area contributed by atoms with E-state index in [1.165, 1.54) is 0 Å². The highest BCUT2D eigenvalue weighted by Crippen LogP contribution is 2.17. The average Bonchev–Trinajstić information content (AvgIpc) is 2.07. The van der Waals surface area contributed by atoms with E-state index in [1.54, 1.807) is 6.07 Å². The molecular weight excluding hydrogens is 164 g/mol. The first kappa shape index (κ1) is 8.35. The molecule has 2 heterocycles. The Kier molecular flexibility index (Phi) is 1.87. The van der Waals surface area contributed by atoms with Crippen molar-refractivity contribution in [3.05, 3.63) is 28.0 Å². The molecule has 0 spiro atoms. The number of nitrogens with zero attached hydrogens (tertiary/aromatic N) is 2. The molecule has 0 saturated carbocycles. The maximum Gasteiger partial charge on any atom is 0.252 e. The average molecular weight is 178 g/mol. The normalized spacial score (nSPS) is 15.7. The molecule has 2 rings (SSSR count). The minimum absolute atomic E-state index is 0.126. The highest BCUT2D eigenvalue weighted by atomic mass is 16.1. The number of fused-ring (bicyclic) bond motifs is 1. The maximum atomic E-state index is 11.6. The molecule has 3 nitrogen and oxygen atoms in total. The zero-order valence-electron chi connectivity index (χ0n) is 8.08. The van der Waals surface area contributed by atoms with Crippen molar-refractivity contribution in [1.29, 1.82) is 0 Å². The summed E-state index contributed by atoms with van der Waals surface area (Å²) >= 11 is 0. The van der Waals surface area contributed by atoms with E-state index in [9.17, 15) is 4.79 Å². The van der Waals surface area contributed by atoms with E-state index < -0.39 is 0 Å². The van der Waals surface area contributed by atoms with Crippen LogP contribution in [0.4, 0.5) is 5.82 Å². The molecule has 0 amide bonds. The first-order valence-electron chi connectivity index (χ1n) is 4.61. The lowest BCUT2D eigenvalue weighted by atomic mass is 10.2. The van der Waals surface area contributed by atoms with Crippen LogP contribution >= 0.6 is 0 Å². The fourth-order valence-electron chi connectivity index (χ4n) is 1.83. The topological polar surface area (TPSA) is 25.2 Å². The van der Waals surface area contributed by atoms with Gasteiger partial charge in [0.15, 0.2) is 0 Å². The molecule has 0 bridgehead atoms. The Morgan fingerprint density at radius 3 is 2.85 bits per heavy atom. The van der Waals surface area contributed by atoms with Gasteiger partial charge in [-0.1, -0.05) is 0 Å². The number of hydrogen-bond acceptors (Lipinski definition) is 2. The van der Waals surface area contributed by atoms with E-state index in [-0.39, 0.29) is 5.56 Å². The monoisotopic (exact) mass is 178 g/mol. The highest BCUT2D eigenvalue weighted by Gasteiger charge is 2.13. The number of rotatable bonds is 0. The Balaban J connectivity index is 2.63. The fraction of sp³-hybridized carbons (Fsp3) is 0.500. The lowest BCUT2D eigenvalue weighted by molar-refractivity contribution is 0.565. The number of aryl methyl sites for hydroxylation is 1. The predicted octanol–water partition coefficient (Wildman–Crippen LogP) is 0.997. The maximum absolute atomic E-state index is 11.6. The Hall–Kier alpha value is -1.25. The van der Waals surface area contributed by atoms with Gasteiger partial charge in [-0.15, -0.1) is 0 Å². The number of pyridine rings is 1. The largest absolute Gasteiger partial charge is 0.361 e. The van der Waals surface area contributed by atoms with E-state index in [2.05, 4.69) is 11.0 Å². The van der Waals surface area contributed by atoms with Crippen molar-refractivity contribution in [3.8, 4) is 0 Å². The van der Waals surface area contributed by atoms with Crippen LogP contribution in [0.25, 0.3) is 0 Å². The van der Waals surface area contributed by atoms with Gasteiger partial charge in [-0.2, -0.15) is 0 Å². The van der Waals surface area contributed by atoms with Crippen LogP contribution < -0.4 is 10.5 Å². The molecule has 70 valence electrons. The molecule has 0 atom stereocenters. The minimum Gasteiger partial charge on any atom is -0.361 e. The van der Waals surface area contributed by atoms with E-state index in [4.69, 9.17) is 0 Å². The van der Waals surface area contributed by atoms with Crippen LogP contribution in [0.5, 0.6) is 0 Å². The minimum atomic E-state index is 0.126. The molecule has 0 aliphatic carbocycles. The second-order valence-corrected chi connectivity index (χ2v) is 3.66. The van der Waals surface area contributed by atoms with Crippen molar-refractivity contribution in [3.63, 3.8) is 0 Å². The molecule has 1 aromatic heterocycles. The van der Waals surface area contributed by atoms with Gasteiger partial charge in [-0.3, -0.25) is 9.36 Å².